The quantitative estimate of drug-likeness (QED) is 0.827. The predicted octanol–water partition coefficient (Wildman–Crippen LogP) is 3.04. The van der Waals surface area contributed by atoms with Gasteiger partial charge in [-0.3, -0.25) is 9.69 Å². The average molecular weight is 372 g/mol. The highest BCUT2D eigenvalue weighted by Crippen LogP contribution is 2.35. The molecule has 0 aromatic carbocycles. The highest BCUT2D eigenvalue weighted by molar-refractivity contribution is 5.87. The molecule has 2 amide bonds. The molecule has 0 radical (unpaired) electrons. The SMILES string of the molecule is CO[C@H]1[C@@H](C(=O)NC2CCCC(C)(C)C2)N(C(=O)OC(C)(C)C)C[C@@H]1F. The van der Waals surface area contributed by atoms with Crippen molar-refractivity contribution >= 4 is 12.0 Å². The van der Waals surface area contributed by atoms with Crippen LogP contribution in [0.5, 0.6) is 0 Å². The van der Waals surface area contributed by atoms with Crippen LogP contribution >= 0.6 is 0 Å². The molecule has 2 aliphatic rings. The van der Waals surface area contributed by atoms with Gasteiger partial charge in [-0.2, -0.15) is 0 Å². The molecule has 2 fully saturated rings. The Morgan fingerprint density at radius 1 is 1.27 bits per heavy atom. The highest BCUT2D eigenvalue weighted by atomic mass is 19.1. The Balaban J connectivity index is 2.12. The summed E-state index contributed by atoms with van der Waals surface area (Å²) < 4.78 is 25.0. The zero-order chi connectivity index (χ0) is 19.7. The van der Waals surface area contributed by atoms with Crippen LogP contribution < -0.4 is 5.32 Å². The van der Waals surface area contributed by atoms with Crippen molar-refractivity contribution in [3.63, 3.8) is 0 Å². The van der Waals surface area contributed by atoms with Gasteiger partial charge in [0.15, 0.2) is 0 Å². The van der Waals surface area contributed by atoms with Crippen molar-refractivity contribution in [2.24, 2.45) is 5.41 Å². The standard InChI is InChI=1S/C19H33FN2O4/c1-18(2,3)26-17(24)22-11-13(20)15(25-6)14(22)16(23)21-12-8-7-9-19(4,5)10-12/h12-15H,7-11H2,1-6H3,(H,21,23)/t12?,13-,14-,15+/m0/s1. The molecule has 1 aliphatic carbocycles. The topological polar surface area (TPSA) is 67.9 Å². The van der Waals surface area contributed by atoms with Crippen molar-refractivity contribution < 1.29 is 23.5 Å². The number of halogens is 1. The minimum absolute atomic E-state index is 0.0305. The van der Waals surface area contributed by atoms with Gasteiger partial charge in [-0.15, -0.1) is 0 Å². The number of carbonyl (C=O) groups is 2. The predicted molar refractivity (Wildman–Crippen MR) is 96.6 cm³/mol. The molecule has 1 unspecified atom stereocenters. The van der Waals surface area contributed by atoms with Gasteiger partial charge in [0.2, 0.25) is 5.91 Å². The minimum atomic E-state index is -1.42. The minimum Gasteiger partial charge on any atom is -0.444 e. The molecular weight excluding hydrogens is 339 g/mol. The zero-order valence-electron chi connectivity index (χ0n) is 16.8. The first-order valence-corrected chi connectivity index (χ1v) is 9.40. The number of carbonyl (C=O) groups excluding carboxylic acids is 2. The van der Waals surface area contributed by atoms with E-state index in [0.29, 0.717) is 0 Å². The maximum atomic E-state index is 14.4. The summed E-state index contributed by atoms with van der Waals surface area (Å²) in [5.41, 5.74) is -0.553. The van der Waals surface area contributed by atoms with Crippen LogP contribution in [-0.2, 0) is 14.3 Å². The van der Waals surface area contributed by atoms with Crippen LogP contribution in [0.3, 0.4) is 0 Å². The Hall–Kier alpha value is -1.37. The summed E-state index contributed by atoms with van der Waals surface area (Å²) in [7, 11) is 1.36. The molecule has 1 heterocycles. The smallest absolute Gasteiger partial charge is 0.411 e. The van der Waals surface area contributed by atoms with Gasteiger partial charge in [0.05, 0.1) is 6.54 Å². The van der Waals surface area contributed by atoms with Gasteiger partial charge in [-0.25, -0.2) is 9.18 Å². The number of amides is 2. The van der Waals surface area contributed by atoms with Crippen LogP contribution in [0.25, 0.3) is 0 Å². The lowest BCUT2D eigenvalue weighted by molar-refractivity contribution is -0.130. The van der Waals surface area contributed by atoms with Crippen LogP contribution in [0.15, 0.2) is 0 Å². The summed E-state index contributed by atoms with van der Waals surface area (Å²) >= 11 is 0. The molecule has 0 bridgehead atoms. The molecule has 150 valence electrons. The van der Waals surface area contributed by atoms with Crippen LogP contribution in [0, 0.1) is 5.41 Å². The first-order valence-electron chi connectivity index (χ1n) is 9.40. The summed E-state index contributed by atoms with van der Waals surface area (Å²) in [4.78, 5) is 26.6. The van der Waals surface area contributed by atoms with Crippen molar-refractivity contribution in [2.45, 2.75) is 90.3 Å². The van der Waals surface area contributed by atoms with Gasteiger partial charge in [0, 0.05) is 13.2 Å². The molecule has 26 heavy (non-hydrogen) atoms. The van der Waals surface area contributed by atoms with Crippen molar-refractivity contribution in [1.82, 2.24) is 10.2 Å². The second-order valence-corrected chi connectivity index (χ2v) is 9.26. The Bertz CT molecular complexity index is 532. The third-order valence-corrected chi connectivity index (χ3v) is 5.09. The number of nitrogens with one attached hydrogen (secondary N) is 1. The first kappa shape index (κ1) is 20.9. The Kier molecular flexibility index (Phi) is 6.20. The van der Waals surface area contributed by atoms with Crippen LogP contribution in [-0.4, -0.2) is 60.5 Å². The third kappa shape index (κ3) is 5.09. The Morgan fingerprint density at radius 3 is 2.46 bits per heavy atom. The summed E-state index contributed by atoms with van der Waals surface area (Å²) in [6.45, 7) is 9.37. The molecule has 0 aromatic rings. The number of alkyl halides is 1. The Labute approximate surface area is 155 Å². The molecule has 7 heteroatoms. The lowest BCUT2D eigenvalue weighted by Crippen LogP contribution is -2.54. The van der Waals surface area contributed by atoms with Crippen molar-refractivity contribution in [1.29, 1.82) is 0 Å². The van der Waals surface area contributed by atoms with E-state index in [1.54, 1.807) is 20.8 Å². The van der Waals surface area contributed by atoms with Gasteiger partial charge in [-0.05, 0) is 45.4 Å². The maximum Gasteiger partial charge on any atom is 0.411 e. The lowest BCUT2D eigenvalue weighted by Gasteiger charge is -2.37. The van der Waals surface area contributed by atoms with E-state index in [9.17, 15) is 14.0 Å². The average Bonchev–Trinajstić information content (AvgIpc) is 2.81. The van der Waals surface area contributed by atoms with Crippen molar-refractivity contribution in [3.8, 4) is 0 Å². The Morgan fingerprint density at radius 2 is 1.92 bits per heavy atom. The number of hydrogen-bond donors (Lipinski definition) is 1. The summed E-state index contributed by atoms with van der Waals surface area (Å²) in [6.07, 6.45) is 0.825. The third-order valence-electron chi connectivity index (χ3n) is 5.09. The number of likely N-dealkylation sites (tertiary alicyclic amines) is 1. The van der Waals surface area contributed by atoms with Gasteiger partial charge in [0.25, 0.3) is 0 Å². The molecule has 0 aromatic heterocycles. The highest BCUT2D eigenvalue weighted by Gasteiger charge is 2.50. The molecule has 1 saturated heterocycles. The van der Waals surface area contributed by atoms with E-state index >= 15 is 0 Å². The zero-order valence-corrected chi connectivity index (χ0v) is 16.8. The summed E-state index contributed by atoms with van der Waals surface area (Å²) in [6, 6.07) is -0.988. The van der Waals surface area contributed by atoms with Crippen LogP contribution in [0.4, 0.5) is 9.18 Å². The van der Waals surface area contributed by atoms with E-state index < -0.39 is 30.0 Å². The molecular formula is C19H33FN2O4. The fraction of sp³-hybridized carbons (Fsp3) is 0.895. The van der Waals surface area contributed by atoms with Gasteiger partial charge < -0.3 is 14.8 Å². The molecule has 0 spiro atoms. The molecule has 1 aliphatic heterocycles. The monoisotopic (exact) mass is 372 g/mol. The fourth-order valence-corrected chi connectivity index (χ4v) is 3.96. The summed E-state index contributed by atoms with van der Waals surface area (Å²) in [5, 5.41) is 3.01. The van der Waals surface area contributed by atoms with E-state index in [2.05, 4.69) is 19.2 Å². The van der Waals surface area contributed by atoms with E-state index in [1.807, 2.05) is 0 Å². The number of nitrogens with zero attached hydrogens (tertiary/aromatic N) is 1. The van der Waals surface area contributed by atoms with E-state index in [0.717, 1.165) is 30.6 Å². The number of hydrogen-bond acceptors (Lipinski definition) is 4. The van der Waals surface area contributed by atoms with Crippen LogP contribution in [0.1, 0.15) is 60.3 Å². The molecule has 6 nitrogen and oxygen atoms in total. The summed E-state index contributed by atoms with van der Waals surface area (Å²) in [5.74, 6) is -0.370. The number of methoxy groups -OCH3 is 1. The lowest BCUT2D eigenvalue weighted by atomic mass is 9.75. The second-order valence-electron chi connectivity index (χ2n) is 9.26. The molecule has 1 N–H and O–H groups in total. The van der Waals surface area contributed by atoms with E-state index in [1.165, 1.54) is 7.11 Å². The van der Waals surface area contributed by atoms with E-state index in [4.69, 9.17) is 9.47 Å². The molecule has 1 saturated carbocycles. The fourth-order valence-electron chi connectivity index (χ4n) is 3.96. The number of rotatable bonds is 3. The van der Waals surface area contributed by atoms with Gasteiger partial charge in [0.1, 0.15) is 23.9 Å². The molecule has 2 rings (SSSR count). The normalized spacial score (nSPS) is 31.6. The second kappa shape index (κ2) is 7.71. The van der Waals surface area contributed by atoms with Crippen LogP contribution in [0.2, 0.25) is 0 Å². The van der Waals surface area contributed by atoms with Crippen molar-refractivity contribution in [2.75, 3.05) is 13.7 Å². The van der Waals surface area contributed by atoms with Gasteiger partial charge >= 0.3 is 6.09 Å². The molecule has 4 atom stereocenters. The first-order chi connectivity index (χ1) is 11.9. The van der Waals surface area contributed by atoms with Crippen molar-refractivity contribution in [3.05, 3.63) is 0 Å². The largest absolute Gasteiger partial charge is 0.444 e. The maximum absolute atomic E-state index is 14.4. The van der Waals surface area contributed by atoms with Gasteiger partial charge in [-0.1, -0.05) is 20.3 Å². The number of ether oxygens (including phenoxy) is 2. The van der Waals surface area contributed by atoms with E-state index in [-0.39, 0.29) is 23.9 Å².